The number of halogens is 3. The van der Waals surface area contributed by atoms with Gasteiger partial charge in [-0.3, -0.25) is 0 Å². The summed E-state index contributed by atoms with van der Waals surface area (Å²) in [5.74, 6) is 0.282. The molecular weight excluding hydrogens is 559 g/mol. The molecule has 3 N–H and O–H groups in total. The molecule has 0 bridgehead atoms. The highest BCUT2D eigenvalue weighted by Crippen LogP contribution is 2.34. The number of carbonyl (C=O) groups is 1. The van der Waals surface area contributed by atoms with Crippen molar-refractivity contribution in [3.05, 3.63) is 59.7 Å². The molecule has 0 saturated heterocycles. The Balaban J connectivity index is 1.87. The molecule has 0 radical (unpaired) electrons. The predicted octanol–water partition coefficient (Wildman–Crippen LogP) is 4.33. The van der Waals surface area contributed by atoms with Gasteiger partial charge in [0, 0.05) is 59.6 Å². The van der Waals surface area contributed by atoms with Crippen LogP contribution in [0.25, 0.3) is 16.9 Å². The van der Waals surface area contributed by atoms with E-state index in [1.54, 1.807) is 25.1 Å². The summed E-state index contributed by atoms with van der Waals surface area (Å²) in [7, 11) is 2.98. The first-order valence-electron chi connectivity index (χ1n) is 12.6. The van der Waals surface area contributed by atoms with Crippen molar-refractivity contribution in [3.63, 3.8) is 0 Å². The highest BCUT2D eigenvalue weighted by Gasteiger charge is 2.35. The number of nitrogens with one attached hydrogen (secondary N) is 1. The molecule has 4 rings (SSSR count). The van der Waals surface area contributed by atoms with Crippen LogP contribution in [-0.4, -0.2) is 64.7 Å². The van der Waals surface area contributed by atoms with Gasteiger partial charge >= 0.3 is 12.1 Å². The van der Waals surface area contributed by atoms with E-state index in [-0.39, 0.29) is 54.2 Å². The maximum absolute atomic E-state index is 13.6. The first-order chi connectivity index (χ1) is 20.1. The number of pyridine rings is 1. The fourth-order valence-corrected chi connectivity index (χ4v) is 3.86. The van der Waals surface area contributed by atoms with Crippen LogP contribution in [0.15, 0.2) is 42.7 Å². The molecule has 0 aliphatic rings. The van der Waals surface area contributed by atoms with Crippen molar-refractivity contribution in [2.45, 2.75) is 20.0 Å². The van der Waals surface area contributed by atoms with Crippen molar-refractivity contribution in [1.82, 2.24) is 24.7 Å². The molecule has 0 aliphatic heterocycles. The fourth-order valence-electron chi connectivity index (χ4n) is 3.86. The van der Waals surface area contributed by atoms with Gasteiger partial charge in [0.05, 0.1) is 20.8 Å². The number of alkyl halides is 3. The van der Waals surface area contributed by atoms with E-state index in [4.69, 9.17) is 24.7 Å². The highest BCUT2D eigenvalue weighted by molar-refractivity contribution is 5.93. The minimum absolute atomic E-state index is 0.00686. The summed E-state index contributed by atoms with van der Waals surface area (Å²) >= 11 is 0. The van der Waals surface area contributed by atoms with E-state index in [1.165, 1.54) is 39.6 Å². The van der Waals surface area contributed by atoms with Crippen LogP contribution in [0.3, 0.4) is 0 Å². The number of aryl methyl sites for hydroxylation is 1. The minimum atomic E-state index is -4.69. The number of methoxy groups -OCH3 is 2. The molecule has 3 aromatic heterocycles. The molecule has 0 spiro atoms. The molecule has 4 aromatic rings. The number of rotatable bonds is 11. The van der Waals surface area contributed by atoms with E-state index < -0.39 is 17.8 Å². The Morgan fingerprint density at radius 2 is 1.76 bits per heavy atom. The highest BCUT2D eigenvalue weighted by atomic mass is 19.4. The average molecular weight is 588 g/mol. The molecule has 3 heterocycles. The third-order valence-electron chi connectivity index (χ3n) is 5.77. The van der Waals surface area contributed by atoms with Crippen molar-refractivity contribution in [2.75, 3.05) is 39.3 Å². The van der Waals surface area contributed by atoms with Crippen molar-refractivity contribution in [3.8, 4) is 34.3 Å². The van der Waals surface area contributed by atoms with E-state index >= 15 is 0 Å². The van der Waals surface area contributed by atoms with E-state index in [9.17, 15) is 18.0 Å². The van der Waals surface area contributed by atoms with Crippen LogP contribution in [0, 0.1) is 6.92 Å². The summed E-state index contributed by atoms with van der Waals surface area (Å²) in [6.45, 7) is 3.46. The Kier molecular flexibility index (Phi) is 9.10. The molecule has 0 unspecified atom stereocenters. The zero-order valence-electron chi connectivity index (χ0n) is 23.2. The van der Waals surface area contributed by atoms with E-state index in [0.29, 0.717) is 22.7 Å². The second-order valence-corrected chi connectivity index (χ2v) is 8.67. The molecule has 0 atom stereocenters. The predicted molar refractivity (Wildman–Crippen MR) is 145 cm³/mol. The number of nitrogens with zero attached hydrogens (tertiary/aromatic N) is 5. The Hall–Kier alpha value is -4.92. The SMILES string of the molecule is CCOC(=O)c1cc(-c2cnc(Nc3cc(OC)cc(OC)c3)nc2-n2nc(C(F)(F)F)cc2C)cnc1OCCN. The number of hydrogen-bond donors (Lipinski definition) is 2. The molecular formula is C27H28F3N7O5. The van der Waals surface area contributed by atoms with Crippen LogP contribution in [0.1, 0.15) is 28.7 Å². The van der Waals surface area contributed by atoms with Crippen LogP contribution in [0.5, 0.6) is 17.4 Å². The number of nitrogens with two attached hydrogens (primary N) is 1. The molecule has 42 heavy (non-hydrogen) atoms. The Labute approximate surface area is 238 Å². The molecule has 0 fully saturated rings. The summed E-state index contributed by atoms with van der Waals surface area (Å²) in [5, 5.41) is 6.78. The van der Waals surface area contributed by atoms with Crippen molar-refractivity contribution in [1.29, 1.82) is 0 Å². The number of ether oxygens (including phenoxy) is 4. The smallest absolute Gasteiger partial charge is 0.435 e. The fraction of sp³-hybridized carbons (Fsp3) is 0.296. The van der Waals surface area contributed by atoms with Gasteiger partial charge in [-0.05, 0) is 26.0 Å². The average Bonchev–Trinajstić information content (AvgIpc) is 3.38. The van der Waals surface area contributed by atoms with Crippen molar-refractivity contribution in [2.24, 2.45) is 5.73 Å². The molecule has 1 aromatic carbocycles. The van der Waals surface area contributed by atoms with Gasteiger partial charge in [-0.2, -0.15) is 23.3 Å². The quantitative estimate of drug-likeness (QED) is 0.242. The van der Waals surface area contributed by atoms with Gasteiger partial charge in [-0.1, -0.05) is 0 Å². The van der Waals surface area contributed by atoms with Gasteiger partial charge in [0.15, 0.2) is 11.5 Å². The lowest BCUT2D eigenvalue weighted by Gasteiger charge is -2.15. The summed E-state index contributed by atoms with van der Waals surface area (Å²) in [5.41, 5.74) is 5.58. The zero-order valence-corrected chi connectivity index (χ0v) is 23.2. The van der Waals surface area contributed by atoms with E-state index in [1.807, 2.05) is 0 Å². The zero-order chi connectivity index (χ0) is 30.4. The van der Waals surface area contributed by atoms with Crippen LogP contribution in [-0.2, 0) is 10.9 Å². The largest absolute Gasteiger partial charge is 0.497 e. The van der Waals surface area contributed by atoms with Crippen LogP contribution >= 0.6 is 0 Å². The number of anilines is 2. The normalized spacial score (nSPS) is 11.2. The summed E-state index contributed by atoms with van der Waals surface area (Å²) in [4.78, 5) is 25.8. The van der Waals surface area contributed by atoms with Crippen LogP contribution in [0.4, 0.5) is 24.8 Å². The van der Waals surface area contributed by atoms with Gasteiger partial charge in [0.2, 0.25) is 11.8 Å². The van der Waals surface area contributed by atoms with Gasteiger partial charge in [0.25, 0.3) is 0 Å². The van der Waals surface area contributed by atoms with E-state index in [2.05, 4.69) is 25.4 Å². The first-order valence-corrected chi connectivity index (χ1v) is 12.6. The van der Waals surface area contributed by atoms with Gasteiger partial charge in [0.1, 0.15) is 23.7 Å². The first kappa shape index (κ1) is 30.0. The Morgan fingerprint density at radius 3 is 2.36 bits per heavy atom. The molecule has 0 aliphatic carbocycles. The topological polar surface area (TPSA) is 149 Å². The molecule has 0 amide bonds. The Morgan fingerprint density at radius 1 is 1.05 bits per heavy atom. The standard InChI is InChI=1S/C27H28F3N7O5/c1-5-41-25(38)20-9-16(13-32-24(20)42-7-6-31)21-14-33-26(34-17-10-18(39-3)12-19(11-17)40-4)35-23(21)37-15(2)8-22(36-37)27(28,29)30/h8-14H,5-7,31H2,1-4H3,(H,33,34,35). The third-order valence-corrected chi connectivity index (χ3v) is 5.77. The lowest BCUT2D eigenvalue weighted by Crippen LogP contribution is -2.15. The lowest BCUT2D eigenvalue weighted by molar-refractivity contribution is -0.141. The molecule has 12 nitrogen and oxygen atoms in total. The molecule has 222 valence electrons. The van der Waals surface area contributed by atoms with Gasteiger partial charge in [-0.15, -0.1) is 0 Å². The molecule has 15 heteroatoms. The summed E-state index contributed by atoms with van der Waals surface area (Å²) < 4.78 is 63.0. The summed E-state index contributed by atoms with van der Waals surface area (Å²) in [6, 6.07) is 7.33. The van der Waals surface area contributed by atoms with Crippen LogP contribution in [0.2, 0.25) is 0 Å². The number of esters is 1. The van der Waals surface area contributed by atoms with Crippen molar-refractivity contribution < 1.29 is 36.9 Å². The number of benzene rings is 1. The third kappa shape index (κ3) is 6.68. The maximum Gasteiger partial charge on any atom is 0.435 e. The summed E-state index contributed by atoms with van der Waals surface area (Å²) in [6.07, 6.45) is -1.94. The second-order valence-electron chi connectivity index (χ2n) is 8.67. The minimum Gasteiger partial charge on any atom is -0.497 e. The Bertz CT molecular complexity index is 1550. The number of aromatic nitrogens is 5. The second kappa shape index (κ2) is 12.7. The van der Waals surface area contributed by atoms with Gasteiger partial charge < -0.3 is 30.0 Å². The van der Waals surface area contributed by atoms with Crippen LogP contribution < -0.4 is 25.3 Å². The van der Waals surface area contributed by atoms with Crippen molar-refractivity contribution >= 4 is 17.6 Å². The lowest BCUT2D eigenvalue weighted by atomic mass is 10.1. The monoisotopic (exact) mass is 587 g/mol. The number of carbonyl (C=O) groups excluding carboxylic acids is 1. The van der Waals surface area contributed by atoms with E-state index in [0.717, 1.165) is 10.7 Å². The molecule has 0 saturated carbocycles. The maximum atomic E-state index is 13.6. The number of hydrogen-bond acceptors (Lipinski definition) is 11. The van der Waals surface area contributed by atoms with Gasteiger partial charge in [-0.25, -0.2) is 19.4 Å².